The Balaban J connectivity index is 3.07. The standard InChI is InChI=1S/C12H19N3O3S/c1-4-10(13)12(16)15-9-6-5-8(2)11(7-9)19(17,18)14-3/h5-7,10,14H,4,13H2,1-3H3,(H,15,16)/t10-/m1/s1. The third-order valence-electron chi connectivity index (χ3n) is 2.79. The number of benzene rings is 1. The van der Waals surface area contributed by atoms with E-state index in [1.807, 2.05) is 0 Å². The van der Waals surface area contributed by atoms with Crippen molar-refractivity contribution in [1.82, 2.24) is 4.72 Å². The summed E-state index contributed by atoms with van der Waals surface area (Å²) in [5.41, 5.74) is 6.62. The summed E-state index contributed by atoms with van der Waals surface area (Å²) in [6.45, 7) is 3.49. The molecule has 0 spiro atoms. The van der Waals surface area contributed by atoms with Crippen LogP contribution in [-0.2, 0) is 14.8 Å². The molecule has 1 aromatic carbocycles. The van der Waals surface area contributed by atoms with Crippen LogP contribution in [0.3, 0.4) is 0 Å². The lowest BCUT2D eigenvalue weighted by Gasteiger charge is -2.12. The van der Waals surface area contributed by atoms with Crippen molar-refractivity contribution in [2.45, 2.75) is 31.2 Å². The summed E-state index contributed by atoms with van der Waals surface area (Å²) in [5, 5.41) is 2.60. The van der Waals surface area contributed by atoms with Crippen molar-refractivity contribution in [2.24, 2.45) is 5.73 Å². The van der Waals surface area contributed by atoms with E-state index in [1.165, 1.54) is 13.1 Å². The Morgan fingerprint density at radius 2 is 2.05 bits per heavy atom. The number of hydrogen-bond acceptors (Lipinski definition) is 4. The van der Waals surface area contributed by atoms with Crippen molar-refractivity contribution in [1.29, 1.82) is 0 Å². The molecule has 0 saturated heterocycles. The number of nitrogens with two attached hydrogens (primary N) is 1. The van der Waals surface area contributed by atoms with Gasteiger partial charge in [0, 0.05) is 5.69 Å². The average molecular weight is 285 g/mol. The fourth-order valence-electron chi connectivity index (χ4n) is 1.50. The molecule has 0 aliphatic carbocycles. The summed E-state index contributed by atoms with van der Waals surface area (Å²) >= 11 is 0. The van der Waals surface area contributed by atoms with E-state index in [0.29, 0.717) is 17.7 Å². The molecule has 19 heavy (non-hydrogen) atoms. The molecule has 1 atom stereocenters. The summed E-state index contributed by atoms with van der Waals surface area (Å²) in [4.78, 5) is 11.8. The molecule has 0 unspecified atom stereocenters. The van der Waals surface area contributed by atoms with Crippen LogP contribution < -0.4 is 15.8 Å². The average Bonchev–Trinajstić information content (AvgIpc) is 2.39. The van der Waals surface area contributed by atoms with Gasteiger partial charge >= 0.3 is 0 Å². The minimum Gasteiger partial charge on any atom is -0.325 e. The van der Waals surface area contributed by atoms with E-state index in [9.17, 15) is 13.2 Å². The molecule has 4 N–H and O–H groups in total. The third kappa shape index (κ3) is 3.76. The molecule has 1 aromatic rings. The largest absolute Gasteiger partial charge is 0.325 e. The quantitative estimate of drug-likeness (QED) is 0.736. The molecule has 0 aromatic heterocycles. The normalized spacial score (nSPS) is 13.1. The second-order valence-corrected chi connectivity index (χ2v) is 6.05. The van der Waals surface area contributed by atoms with E-state index in [4.69, 9.17) is 5.73 Å². The van der Waals surface area contributed by atoms with Crippen molar-refractivity contribution in [3.8, 4) is 0 Å². The second-order valence-electron chi connectivity index (χ2n) is 4.19. The molecule has 0 heterocycles. The van der Waals surface area contributed by atoms with Gasteiger partial charge in [0.15, 0.2) is 0 Å². The first kappa shape index (κ1) is 15.6. The molecule has 0 saturated carbocycles. The van der Waals surface area contributed by atoms with Crippen LogP contribution in [0.15, 0.2) is 23.1 Å². The predicted molar refractivity (Wildman–Crippen MR) is 74.3 cm³/mol. The summed E-state index contributed by atoms with van der Waals surface area (Å²) in [7, 11) is -2.21. The van der Waals surface area contributed by atoms with Crippen LogP contribution in [0, 0.1) is 6.92 Å². The Labute approximate surface area is 113 Å². The third-order valence-corrected chi connectivity index (χ3v) is 4.35. The zero-order valence-electron chi connectivity index (χ0n) is 11.2. The van der Waals surface area contributed by atoms with E-state index in [0.717, 1.165) is 0 Å². The smallest absolute Gasteiger partial charge is 0.241 e. The molecule has 0 aliphatic rings. The first-order valence-electron chi connectivity index (χ1n) is 5.92. The Morgan fingerprint density at radius 1 is 1.42 bits per heavy atom. The van der Waals surface area contributed by atoms with Gasteiger partial charge in [-0.1, -0.05) is 13.0 Å². The molecule has 0 fully saturated rings. The molecular weight excluding hydrogens is 266 g/mol. The van der Waals surface area contributed by atoms with Gasteiger partial charge in [0.25, 0.3) is 0 Å². The fraction of sp³-hybridized carbons (Fsp3) is 0.417. The van der Waals surface area contributed by atoms with Crippen LogP contribution in [0.1, 0.15) is 18.9 Å². The van der Waals surface area contributed by atoms with Gasteiger partial charge < -0.3 is 11.1 Å². The van der Waals surface area contributed by atoms with E-state index in [2.05, 4.69) is 10.0 Å². The van der Waals surface area contributed by atoms with E-state index in [-0.39, 0.29) is 10.8 Å². The highest BCUT2D eigenvalue weighted by atomic mass is 32.2. The first-order chi connectivity index (χ1) is 8.81. The number of carbonyl (C=O) groups excluding carboxylic acids is 1. The highest BCUT2D eigenvalue weighted by Gasteiger charge is 2.17. The van der Waals surface area contributed by atoms with E-state index in [1.54, 1.807) is 26.0 Å². The van der Waals surface area contributed by atoms with Gasteiger partial charge in [0.2, 0.25) is 15.9 Å². The molecular formula is C12H19N3O3S. The molecule has 6 nitrogen and oxygen atoms in total. The van der Waals surface area contributed by atoms with Gasteiger partial charge in [-0.05, 0) is 38.1 Å². The van der Waals surface area contributed by atoms with Crippen LogP contribution in [0.2, 0.25) is 0 Å². The number of hydrogen-bond donors (Lipinski definition) is 3. The van der Waals surface area contributed by atoms with Crippen molar-refractivity contribution >= 4 is 21.6 Å². The van der Waals surface area contributed by atoms with Gasteiger partial charge in [0.05, 0.1) is 10.9 Å². The Morgan fingerprint density at radius 3 is 2.58 bits per heavy atom. The van der Waals surface area contributed by atoms with Crippen LogP contribution in [0.5, 0.6) is 0 Å². The van der Waals surface area contributed by atoms with Gasteiger partial charge in [-0.3, -0.25) is 4.79 Å². The Hall–Kier alpha value is -1.44. The number of anilines is 1. The molecule has 106 valence electrons. The fourth-order valence-corrected chi connectivity index (χ4v) is 2.49. The second kappa shape index (κ2) is 6.14. The minimum atomic E-state index is -3.55. The maximum Gasteiger partial charge on any atom is 0.241 e. The van der Waals surface area contributed by atoms with Crippen molar-refractivity contribution in [2.75, 3.05) is 12.4 Å². The summed E-state index contributed by atoms with van der Waals surface area (Å²) in [6.07, 6.45) is 0.513. The van der Waals surface area contributed by atoms with Crippen molar-refractivity contribution < 1.29 is 13.2 Å². The molecule has 7 heteroatoms. The molecule has 1 rings (SSSR count). The van der Waals surface area contributed by atoms with Gasteiger partial charge in [-0.2, -0.15) is 0 Å². The molecule has 0 radical (unpaired) electrons. The monoisotopic (exact) mass is 285 g/mol. The number of rotatable bonds is 5. The van der Waals surface area contributed by atoms with Crippen LogP contribution in [0.4, 0.5) is 5.69 Å². The highest BCUT2D eigenvalue weighted by Crippen LogP contribution is 2.20. The van der Waals surface area contributed by atoms with Crippen LogP contribution >= 0.6 is 0 Å². The summed E-state index contributed by atoms with van der Waals surface area (Å²) in [6, 6.07) is 4.09. The van der Waals surface area contributed by atoms with Gasteiger partial charge in [0.1, 0.15) is 0 Å². The number of amides is 1. The maximum absolute atomic E-state index is 11.8. The number of carbonyl (C=O) groups is 1. The predicted octanol–water partition coefficient (Wildman–Crippen LogP) is 0.579. The molecule has 0 bridgehead atoms. The van der Waals surface area contributed by atoms with Crippen molar-refractivity contribution in [3.05, 3.63) is 23.8 Å². The highest BCUT2D eigenvalue weighted by molar-refractivity contribution is 7.89. The van der Waals surface area contributed by atoms with E-state index >= 15 is 0 Å². The van der Waals surface area contributed by atoms with Gasteiger partial charge in [-0.15, -0.1) is 0 Å². The topological polar surface area (TPSA) is 101 Å². The first-order valence-corrected chi connectivity index (χ1v) is 7.40. The summed E-state index contributed by atoms with van der Waals surface area (Å²) in [5.74, 6) is -0.334. The zero-order chi connectivity index (χ0) is 14.6. The lowest BCUT2D eigenvalue weighted by Crippen LogP contribution is -2.34. The number of aryl methyl sites for hydroxylation is 1. The molecule has 0 aliphatic heterocycles. The van der Waals surface area contributed by atoms with Crippen molar-refractivity contribution in [3.63, 3.8) is 0 Å². The lowest BCUT2D eigenvalue weighted by molar-refractivity contribution is -0.117. The van der Waals surface area contributed by atoms with Crippen LogP contribution in [0.25, 0.3) is 0 Å². The number of nitrogens with one attached hydrogen (secondary N) is 2. The SMILES string of the molecule is CC[C@@H](N)C(=O)Nc1ccc(C)c(S(=O)(=O)NC)c1. The Bertz CT molecular complexity index is 570. The van der Waals surface area contributed by atoms with Crippen LogP contribution in [-0.4, -0.2) is 27.4 Å². The van der Waals surface area contributed by atoms with E-state index < -0.39 is 16.1 Å². The Kier molecular flexibility index (Phi) is 5.04. The zero-order valence-corrected chi connectivity index (χ0v) is 12.0. The number of sulfonamides is 1. The molecule has 1 amide bonds. The summed E-state index contributed by atoms with van der Waals surface area (Å²) < 4.78 is 25.9. The van der Waals surface area contributed by atoms with Gasteiger partial charge in [-0.25, -0.2) is 13.1 Å². The minimum absolute atomic E-state index is 0.137. The lowest BCUT2D eigenvalue weighted by atomic mass is 10.2. The maximum atomic E-state index is 11.8.